The molecule has 4 aromatic rings. The number of carbonyl (C=O) groups excluding carboxylic acids is 1. The van der Waals surface area contributed by atoms with Crippen molar-refractivity contribution in [1.82, 2.24) is 0 Å². The molecule has 0 bridgehead atoms. The molecular weight excluding hydrogens is 378 g/mol. The smallest absolute Gasteiger partial charge is 0.228 e. The molecule has 0 atom stereocenters. The Bertz CT molecular complexity index is 1180. The molecule has 3 aromatic carbocycles. The number of fused-ring (bicyclic) bond motifs is 3. The van der Waals surface area contributed by atoms with Gasteiger partial charge in [-0.1, -0.05) is 41.9 Å². The van der Waals surface area contributed by atoms with E-state index in [1.807, 2.05) is 36.4 Å². The molecule has 0 unspecified atom stereocenters. The summed E-state index contributed by atoms with van der Waals surface area (Å²) in [6.45, 7) is 0. The Morgan fingerprint density at radius 1 is 1.07 bits per heavy atom. The Hall–Kier alpha value is -3.18. The average Bonchev–Trinajstić information content (AvgIpc) is 3.12. The van der Waals surface area contributed by atoms with E-state index in [1.165, 1.54) is 14.2 Å². The Labute approximate surface area is 166 Å². The second-order valence-electron chi connectivity index (χ2n) is 6.33. The lowest BCUT2D eigenvalue weighted by molar-refractivity contribution is -0.115. The molecule has 0 spiro atoms. The molecule has 28 heavy (non-hydrogen) atoms. The van der Waals surface area contributed by atoms with E-state index in [9.17, 15) is 4.79 Å². The van der Waals surface area contributed by atoms with Gasteiger partial charge >= 0.3 is 0 Å². The highest BCUT2D eigenvalue weighted by molar-refractivity contribution is 6.34. The Kier molecular flexibility index (Phi) is 4.84. The van der Waals surface area contributed by atoms with Gasteiger partial charge in [-0.05, 0) is 16.8 Å². The molecule has 1 amide bonds. The van der Waals surface area contributed by atoms with Crippen LogP contribution in [0.2, 0.25) is 5.02 Å². The molecule has 142 valence electrons. The number of anilines is 1. The van der Waals surface area contributed by atoms with Crippen molar-refractivity contribution in [2.24, 2.45) is 0 Å². The van der Waals surface area contributed by atoms with Crippen LogP contribution in [-0.2, 0) is 11.2 Å². The topological polar surface area (TPSA) is 60.7 Å². The van der Waals surface area contributed by atoms with Gasteiger partial charge in [0.05, 0.1) is 37.6 Å². The molecule has 0 radical (unpaired) electrons. The third-order valence-corrected chi connectivity index (χ3v) is 4.95. The molecule has 4 rings (SSSR count). The molecule has 5 nitrogen and oxygen atoms in total. The molecule has 0 saturated carbocycles. The average molecular weight is 396 g/mol. The fourth-order valence-corrected chi connectivity index (χ4v) is 3.52. The van der Waals surface area contributed by atoms with Crippen LogP contribution < -0.4 is 14.8 Å². The van der Waals surface area contributed by atoms with Crippen molar-refractivity contribution in [3.05, 3.63) is 65.4 Å². The maximum absolute atomic E-state index is 12.7. The predicted molar refractivity (Wildman–Crippen MR) is 111 cm³/mol. The SMILES string of the molecule is COc1cc(Cl)c(NC(=O)Cc2coc3ccc4ccccc4c23)cc1OC. The van der Waals surface area contributed by atoms with Crippen LogP contribution in [0, 0.1) is 0 Å². The molecular formula is C22H18ClNO4. The quantitative estimate of drug-likeness (QED) is 0.489. The second-order valence-corrected chi connectivity index (χ2v) is 6.74. The minimum atomic E-state index is -0.204. The zero-order valence-corrected chi connectivity index (χ0v) is 16.2. The minimum absolute atomic E-state index is 0.158. The summed E-state index contributed by atoms with van der Waals surface area (Å²) in [5, 5.41) is 6.31. The maximum Gasteiger partial charge on any atom is 0.228 e. The number of hydrogen-bond acceptors (Lipinski definition) is 4. The molecule has 0 saturated heterocycles. The Morgan fingerprint density at radius 3 is 2.61 bits per heavy atom. The first-order chi connectivity index (χ1) is 13.6. The second kappa shape index (κ2) is 7.44. The van der Waals surface area contributed by atoms with Crippen molar-refractivity contribution < 1.29 is 18.7 Å². The maximum atomic E-state index is 12.7. The van der Waals surface area contributed by atoms with Gasteiger partial charge in [-0.15, -0.1) is 0 Å². The highest BCUT2D eigenvalue weighted by atomic mass is 35.5. The molecule has 0 aliphatic carbocycles. The number of nitrogens with one attached hydrogen (secondary N) is 1. The summed E-state index contributed by atoms with van der Waals surface area (Å²) in [6.07, 6.45) is 1.79. The third kappa shape index (κ3) is 3.25. The molecule has 1 N–H and O–H groups in total. The van der Waals surface area contributed by atoms with Gasteiger partial charge in [0.25, 0.3) is 0 Å². The summed E-state index contributed by atoms with van der Waals surface area (Å²) in [7, 11) is 3.06. The van der Waals surface area contributed by atoms with E-state index in [0.717, 1.165) is 27.3 Å². The van der Waals surface area contributed by atoms with Crippen LogP contribution in [0.15, 0.2) is 59.2 Å². The normalized spacial score (nSPS) is 11.0. The molecule has 1 aromatic heterocycles. The first-order valence-electron chi connectivity index (χ1n) is 8.70. The monoisotopic (exact) mass is 395 g/mol. The van der Waals surface area contributed by atoms with Crippen LogP contribution in [0.1, 0.15) is 5.56 Å². The highest BCUT2D eigenvalue weighted by Gasteiger charge is 2.16. The zero-order valence-electron chi connectivity index (χ0n) is 15.4. The van der Waals surface area contributed by atoms with Gasteiger partial charge in [-0.25, -0.2) is 0 Å². The van der Waals surface area contributed by atoms with E-state index < -0.39 is 0 Å². The van der Waals surface area contributed by atoms with Crippen LogP contribution in [0.25, 0.3) is 21.7 Å². The van der Waals surface area contributed by atoms with Crippen LogP contribution in [0.3, 0.4) is 0 Å². The van der Waals surface area contributed by atoms with Gasteiger partial charge in [-0.2, -0.15) is 0 Å². The number of halogens is 1. The molecule has 0 fully saturated rings. The molecule has 6 heteroatoms. The van der Waals surface area contributed by atoms with Gasteiger partial charge in [-0.3, -0.25) is 4.79 Å². The summed E-state index contributed by atoms with van der Waals surface area (Å²) in [6, 6.07) is 15.2. The predicted octanol–water partition coefficient (Wildman–Crippen LogP) is 5.44. The minimum Gasteiger partial charge on any atom is -0.493 e. The lowest BCUT2D eigenvalue weighted by atomic mass is 10.0. The molecule has 1 heterocycles. The van der Waals surface area contributed by atoms with E-state index in [4.69, 9.17) is 25.5 Å². The number of benzene rings is 3. The van der Waals surface area contributed by atoms with Crippen molar-refractivity contribution in [1.29, 1.82) is 0 Å². The Balaban J connectivity index is 1.64. The molecule has 0 aliphatic rings. The number of furan rings is 1. The number of amides is 1. The first-order valence-corrected chi connectivity index (χ1v) is 9.07. The number of carbonyl (C=O) groups is 1. The van der Waals surface area contributed by atoms with Crippen molar-refractivity contribution in [2.75, 3.05) is 19.5 Å². The van der Waals surface area contributed by atoms with Crippen molar-refractivity contribution >= 4 is 44.9 Å². The van der Waals surface area contributed by atoms with Crippen molar-refractivity contribution in [3.8, 4) is 11.5 Å². The van der Waals surface area contributed by atoms with E-state index >= 15 is 0 Å². The third-order valence-electron chi connectivity index (χ3n) is 4.64. The van der Waals surface area contributed by atoms with Gasteiger partial charge < -0.3 is 19.2 Å². The van der Waals surface area contributed by atoms with E-state index in [1.54, 1.807) is 18.4 Å². The van der Waals surface area contributed by atoms with Crippen LogP contribution in [-0.4, -0.2) is 20.1 Å². The summed E-state index contributed by atoms with van der Waals surface area (Å²) >= 11 is 6.27. The Morgan fingerprint density at radius 2 is 1.82 bits per heavy atom. The van der Waals surface area contributed by atoms with E-state index in [0.29, 0.717) is 22.2 Å². The summed E-state index contributed by atoms with van der Waals surface area (Å²) in [4.78, 5) is 12.7. The molecule has 0 aliphatic heterocycles. The van der Waals surface area contributed by atoms with Crippen molar-refractivity contribution in [2.45, 2.75) is 6.42 Å². The van der Waals surface area contributed by atoms with Gasteiger partial charge in [0.15, 0.2) is 11.5 Å². The largest absolute Gasteiger partial charge is 0.493 e. The fourth-order valence-electron chi connectivity index (χ4n) is 3.32. The number of methoxy groups -OCH3 is 2. The number of hydrogen-bond donors (Lipinski definition) is 1. The van der Waals surface area contributed by atoms with E-state index in [2.05, 4.69) is 5.32 Å². The first kappa shape index (κ1) is 18.2. The van der Waals surface area contributed by atoms with Gasteiger partial charge in [0, 0.05) is 23.1 Å². The fraction of sp³-hybridized carbons (Fsp3) is 0.136. The highest BCUT2D eigenvalue weighted by Crippen LogP contribution is 2.36. The standard InChI is InChI=1S/C22H18ClNO4/c1-26-19-10-16(23)17(11-20(19)27-2)24-21(25)9-14-12-28-18-8-7-13-5-3-4-6-15(13)22(14)18/h3-8,10-12H,9H2,1-2H3,(H,24,25). The lowest BCUT2D eigenvalue weighted by Crippen LogP contribution is -2.14. The van der Waals surface area contributed by atoms with Gasteiger partial charge in [0.2, 0.25) is 5.91 Å². The lowest BCUT2D eigenvalue weighted by Gasteiger charge is -2.12. The van der Waals surface area contributed by atoms with E-state index in [-0.39, 0.29) is 12.3 Å². The summed E-state index contributed by atoms with van der Waals surface area (Å²) in [5.74, 6) is 0.782. The van der Waals surface area contributed by atoms with Gasteiger partial charge in [0.1, 0.15) is 5.58 Å². The van der Waals surface area contributed by atoms with Crippen molar-refractivity contribution in [3.63, 3.8) is 0 Å². The number of ether oxygens (including phenoxy) is 2. The summed E-state index contributed by atoms with van der Waals surface area (Å²) < 4.78 is 16.1. The van der Waals surface area contributed by atoms with Crippen LogP contribution in [0.5, 0.6) is 11.5 Å². The summed E-state index contributed by atoms with van der Waals surface area (Å²) in [5.41, 5.74) is 2.04. The zero-order chi connectivity index (χ0) is 19.7. The van der Waals surface area contributed by atoms with Crippen LogP contribution >= 0.6 is 11.6 Å². The number of rotatable bonds is 5. The van der Waals surface area contributed by atoms with Crippen LogP contribution in [0.4, 0.5) is 5.69 Å².